The number of halogens is 6. The number of methoxy groups -OCH3 is 1. The molecule has 5 aromatic rings. The molecular weight excluding hydrogens is 642 g/mol. The molecular formula is C31H19Cl3F3N3O4. The third-order valence-electron chi connectivity index (χ3n) is 6.43. The molecule has 0 atom stereocenters. The van der Waals surface area contributed by atoms with Crippen molar-refractivity contribution in [1.29, 1.82) is 0 Å². The summed E-state index contributed by atoms with van der Waals surface area (Å²) in [5.74, 6) is -1.28. The maximum atomic E-state index is 13.8. The lowest BCUT2D eigenvalue weighted by Crippen LogP contribution is -2.19. The lowest BCUT2D eigenvalue weighted by atomic mass is 10.00. The molecule has 0 saturated heterocycles. The second kappa shape index (κ2) is 12.6. The molecule has 5 rings (SSSR count). The number of nitrogens with one attached hydrogen (secondary N) is 2. The first-order valence-corrected chi connectivity index (χ1v) is 13.8. The van der Waals surface area contributed by atoms with Gasteiger partial charge in [0.05, 0.1) is 35.0 Å². The number of H-pyrrole nitrogens is 1. The highest BCUT2D eigenvalue weighted by atomic mass is 35.5. The second-order valence-electron chi connectivity index (χ2n) is 9.20. The first-order valence-electron chi connectivity index (χ1n) is 12.6. The van der Waals surface area contributed by atoms with Crippen molar-refractivity contribution in [2.75, 3.05) is 7.11 Å². The number of aromatic nitrogens is 1. The third-order valence-corrected chi connectivity index (χ3v) is 7.31. The number of fused-ring (bicyclic) bond motifs is 1. The van der Waals surface area contributed by atoms with Crippen LogP contribution in [-0.2, 0) is 6.18 Å². The van der Waals surface area contributed by atoms with Gasteiger partial charge in [0.25, 0.3) is 5.91 Å². The zero-order chi connectivity index (χ0) is 31.6. The van der Waals surface area contributed by atoms with Gasteiger partial charge in [0.2, 0.25) is 0 Å². The number of hydrogen-bond acceptors (Lipinski definition) is 5. The number of hydrazone groups is 1. The molecule has 224 valence electrons. The number of nitrogens with zero attached hydrogens (tertiary/aromatic N) is 1. The molecule has 1 aromatic heterocycles. The second-order valence-corrected chi connectivity index (χ2v) is 10.5. The fourth-order valence-electron chi connectivity index (χ4n) is 4.45. The van der Waals surface area contributed by atoms with Crippen molar-refractivity contribution in [3.05, 3.63) is 116 Å². The largest absolute Gasteiger partial charge is 0.493 e. The van der Waals surface area contributed by atoms with Gasteiger partial charge in [-0.1, -0.05) is 65.1 Å². The monoisotopic (exact) mass is 659 g/mol. The first-order chi connectivity index (χ1) is 21.0. The summed E-state index contributed by atoms with van der Waals surface area (Å²) >= 11 is 18.4. The third kappa shape index (κ3) is 6.37. The van der Waals surface area contributed by atoms with Gasteiger partial charge in [0.15, 0.2) is 11.5 Å². The van der Waals surface area contributed by atoms with Crippen LogP contribution in [-0.4, -0.2) is 30.2 Å². The van der Waals surface area contributed by atoms with Crippen molar-refractivity contribution in [3.63, 3.8) is 0 Å². The van der Waals surface area contributed by atoms with Crippen LogP contribution in [0.25, 0.3) is 22.0 Å². The molecule has 0 aliphatic rings. The average Bonchev–Trinajstić information content (AvgIpc) is 3.37. The van der Waals surface area contributed by atoms with Crippen LogP contribution >= 0.6 is 34.8 Å². The molecule has 0 spiro atoms. The van der Waals surface area contributed by atoms with Gasteiger partial charge in [0.1, 0.15) is 5.69 Å². The highest BCUT2D eigenvalue weighted by Gasteiger charge is 2.35. The number of ether oxygens (including phenoxy) is 2. The zero-order valence-corrected chi connectivity index (χ0v) is 24.7. The van der Waals surface area contributed by atoms with Gasteiger partial charge in [-0.15, -0.1) is 0 Å². The number of alkyl halides is 3. The fourth-order valence-corrected chi connectivity index (χ4v) is 5.16. The number of benzene rings is 4. The quantitative estimate of drug-likeness (QED) is 0.0790. The molecule has 2 N–H and O–H groups in total. The van der Waals surface area contributed by atoms with E-state index < -0.39 is 23.6 Å². The number of carbonyl (C=O) groups is 2. The molecule has 13 heteroatoms. The highest BCUT2D eigenvalue weighted by molar-refractivity contribution is 6.36. The summed E-state index contributed by atoms with van der Waals surface area (Å²) in [6.07, 6.45) is -3.39. The topological polar surface area (TPSA) is 92.8 Å². The van der Waals surface area contributed by atoms with Gasteiger partial charge < -0.3 is 14.5 Å². The minimum Gasteiger partial charge on any atom is -0.493 e. The van der Waals surface area contributed by atoms with Crippen molar-refractivity contribution in [1.82, 2.24) is 10.4 Å². The van der Waals surface area contributed by atoms with Crippen LogP contribution in [0.5, 0.6) is 11.5 Å². The summed E-state index contributed by atoms with van der Waals surface area (Å²) < 4.78 is 52.1. The lowest BCUT2D eigenvalue weighted by molar-refractivity contribution is -0.136. The molecule has 7 nitrogen and oxygen atoms in total. The van der Waals surface area contributed by atoms with Crippen molar-refractivity contribution in [2.45, 2.75) is 6.18 Å². The van der Waals surface area contributed by atoms with E-state index in [4.69, 9.17) is 44.3 Å². The van der Waals surface area contributed by atoms with E-state index in [1.165, 1.54) is 61.9 Å². The Labute approximate surface area is 263 Å². The van der Waals surface area contributed by atoms with Crippen molar-refractivity contribution >= 4 is 63.8 Å². The van der Waals surface area contributed by atoms with Gasteiger partial charge in [-0.2, -0.15) is 18.3 Å². The molecule has 4 aromatic carbocycles. The van der Waals surface area contributed by atoms with Crippen LogP contribution in [0, 0.1) is 0 Å². The minimum atomic E-state index is -4.67. The Bertz CT molecular complexity index is 1940. The Morgan fingerprint density at radius 3 is 2.39 bits per heavy atom. The van der Waals surface area contributed by atoms with E-state index in [0.717, 1.165) is 6.07 Å². The predicted octanol–water partition coefficient (Wildman–Crippen LogP) is 8.81. The summed E-state index contributed by atoms with van der Waals surface area (Å²) in [7, 11) is 1.37. The summed E-state index contributed by atoms with van der Waals surface area (Å²) in [6, 6.07) is 19.0. The Hall–Kier alpha value is -4.51. The van der Waals surface area contributed by atoms with E-state index in [1.54, 1.807) is 24.3 Å². The van der Waals surface area contributed by atoms with Crippen LogP contribution < -0.4 is 14.9 Å². The van der Waals surface area contributed by atoms with Crippen molar-refractivity contribution < 1.29 is 32.2 Å². The van der Waals surface area contributed by atoms with E-state index in [1.807, 2.05) is 0 Å². The van der Waals surface area contributed by atoms with E-state index in [-0.39, 0.29) is 49.3 Å². The van der Waals surface area contributed by atoms with Crippen LogP contribution in [0.4, 0.5) is 13.2 Å². The molecule has 0 bridgehead atoms. The predicted molar refractivity (Wildman–Crippen MR) is 163 cm³/mol. The fraction of sp³-hybridized carbons (Fsp3) is 0.0645. The molecule has 0 saturated carbocycles. The molecule has 44 heavy (non-hydrogen) atoms. The van der Waals surface area contributed by atoms with Gasteiger partial charge in [-0.3, -0.25) is 4.79 Å². The molecule has 0 radical (unpaired) electrons. The number of carbonyl (C=O) groups excluding carboxylic acids is 2. The number of hydrogen-bond donors (Lipinski definition) is 2. The van der Waals surface area contributed by atoms with Gasteiger partial charge in [-0.25, -0.2) is 10.2 Å². The van der Waals surface area contributed by atoms with Crippen molar-refractivity contribution in [2.24, 2.45) is 5.10 Å². The molecule has 0 aliphatic carbocycles. The average molecular weight is 661 g/mol. The molecule has 1 amide bonds. The van der Waals surface area contributed by atoms with Crippen molar-refractivity contribution in [3.8, 4) is 22.6 Å². The van der Waals surface area contributed by atoms with Gasteiger partial charge >= 0.3 is 12.1 Å². The van der Waals surface area contributed by atoms with Crippen LogP contribution in [0.2, 0.25) is 15.1 Å². The molecule has 0 unspecified atom stereocenters. The summed E-state index contributed by atoms with van der Waals surface area (Å²) in [5, 5.41) is 4.84. The normalized spacial score (nSPS) is 11.6. The Kier molecular flexibility index (Phi) is 8.87. The zero-order valence-electron chi connectivity index (χ0n) is 22.4. The van der Waals surface area contributed by atoms with Gasteiger partial charge in [0, 0.05) is 26.6 Å². The minimum absolute atomic E-state index is 0.0904. The SMILES string of the molecule is COc1cc(C=NNC(=O)c2[nH]c3c(C(F)(F)F)cccc3c2-c2ccccc2Cl)ccc1OC(=O)c1ccc(Cl)cc1Cl. The number of para-hydroxylation sites is 1. The maximum absolute atomic E-state index is 13.8. The van der Waals surface area contributed by atoms with E-state index in [2.05, 4.69) is 15.5 Å². The van der Waals surface area contributed by atoms with Gasteiger partial charge in [-0.05, 0) is 54.1 Å². The summed E-state index contributed by atoms with van der Waals surface area (Å²) in [5.41, 5.74) is 2.07. The Balaban J connectivity index is 1.41. The lowest BCUT2D eigenvalue weighted by Gasteiger charge is -2.10. The number of rotatable bonds is 7. The van der Waals surface area contributed by atoms with E-state index >= 15 is 0 Å². The number of aromatic amines is 1. The maximum Gasteiger partial charge on any atom is 0.418 e. The smallest absolute Gasteiger partial charge is 0.418 e. The standard InChI is InChI=1S/C31H19Cl3F3N3O4/c1-43-25-13-16(9-12-24(25)44-30(42)19-11-10-17(32)14-23(19)34)15-38-40-29(41)28-26(18-5-2-3-8-22(18)33)20-6-4-7-21(27(20)39-28)31(35,36)37/h2-15,39H,1H3,(H,40,41). The number of esters is 1. The van der Waals surface area contributed by atoms with Crippen LogP contribution in [0.15, 0.2) is 84.0 Å². The summed E-state index contributed by atoms with van der Waals surface area (Å²) in [4.78, 5) is 28.5. The summed E-state index contributed by atoms with van der Waals surface area (Å²) in [6.45, 7) is 0. The molecule has 0 fully saturated rings. The highest BCUT2D eigenvalue weighted by Crippen LogP contribution is 2.41. The Morgan fingerprint density at radius 1 is 0.909 bits per heavy atom. The van der Waals surface area contributed by atoms with E-state index in [9.17, 15) is 22.8 Å². The Morgan fingerprint density at radius 2 is 1.68 bits per heavy atom. The molecule has 1 heterocycles. The molecule has 0 aliphatic heterocycles. The van der Waals surface area contributed by atoms with Crippen LogP contribution in [0.3, 0.4) is 0 Å². The van der Waals surface area contributed by atoms with E-state index in [0.29, 0.717) is 16.1 Å². The van der Waals surface area contributed by atoms with Crippen LogP contribution in [0.1, 0.15) is 32.0 Å². The first kappa shape index (κ1) is 30.9. The number of amides is 1.